The van der Waals surface area contributed by atoms with Gasteiger partial charge in [0.1, 0.15) is 5.75 Å². The van der Waals surface area contributed by atoms with Crippen LogP contribution in [0.3, 0.4) is 0 Å². The second-order valence-corrected chi connectivity index (χ2v) is 5.26. The monoisotopic (exact) mass is 285 g/mol. The minimum atomic E-state index is 0. The third-order valence-electron chi connectivity index (χ3n) is 3.70. The van der Waals surface area contributed by atoms with E-state index in [9.17, 15) is 0 Å². The summed E-state index contributed by atoms with van der Waals surface area (Å²) >= 11 is 0. The second-order valence-electron chi connectivity index (χ2n) is 5.26. The number of halogens is 1. The van der Waals surface area contributed by atoms with Gasteiger partial charge in [-0.05, 0) is 32.7 Å². The topological polar surface area (TPSA) is 51.4 Å². The summed E-state index contributed by atoms with van der Waals surface area (Å²) in [7, 11) is 1.70. The van der Waals surface area contributed by atoms with Crippen molar-refractivity contribution < 1.29 is 4.74 Å². The van der Waals surface area contributed by atoms with Crippen LogP contribution in [0, 0.1) is 12.8 Å². The summed E-state index contributed by atoms with van der Waals surface area (Å²) in [6, 6.07) is 4.57. The largest absolute Gasteiger partial charge is 0.497 e. The molecule has 1 aromatic heterocycles. The fourth-order valence-corrected chi connectivity index (χ4v) is 2.72. The molecule has 0 radical (unpaired) electrons. The molecule has 2 N–H and O–H groups in total. The van der Waals surface area contributed by atoms with Gasteiger partial charge in [0.05, 0.1) is 12.8 Å². The predicted octanol–water partition coefficient (Wildman–Crippen LogP) is 1.99. The number of nitrogens with two attached hydrogens (primary N) is 1. The van der Waals surface area contributed by atoms with E-state index in [-0.39, 0.29) is 12.4 Å². The van der Waals surface area contributed by atoms with Crippen molar-refractivity contribution in [3.05, 3.63) is 23.5 Å². The molecule has 2 atom stereocenters. The van der Waals surface area contributed by atoms with Crippen molar-refractivity contribution in [2.75, 3.05) is 20.2 Å². The molecule has 0 aliphatic carbocycles. The van der Waals surface area contributed by atoms with Crippen molar-refractivity contribution in [2.24, 2.45) is 11.7 Å². The SMILES string of the molecule is COc1cc(C)nc(CN2CC(CN)CC2C)c1.Cl. The number of nitrogens with zero attached hydrogens (tertiary/aromatic N) is 2. The highest BCUT2D eigenvalue weighted by Crippen LogP contribution is 2.24. The van der Waals surface area contributed by atoms with Gasteiger partial charge < -0.3 is 10.5 Å². The van der Waals surface area contributed by atoms with Gasteiger partial charge in [-0.25, -0.2) is 0 Å². The molecular weight excluding hydrogens is 262 g/mol. The summed E-state index contributed by atoms with van der Waals surface area (Å²) in [6.45, 7) is 7.02. The molecule has 0 spiro atoms. The van der Waals surface area contributed by atoms with Crippen LogP contribution in [-0.2, 0) is 6.54 Å². The molecule has 1 aromatic rings. The molecule has 1 fully saturated rings. The summed E-state index contributed by atoms with van der Waals surface area (Å²) in [4.78, 5) is 7.03. The Bertz CT molecular complexity index is 414. The van der Waals surface area contributed by atoms with Crippen LogP contribution < -0.4 is 10.5 Å². The minimum Gasteiger partial charge on any atom is -0.497 e. The van der Waals surface area contributed by atoms with E-state index in [2.05, 4.69) is 16.8 Å². The van der Waals surface area contributed by atoms with Gasteiger partial charge in [0.2, 0.25) is 0 Å². The Hall–Kier alpha value is -0.840. The molecule has 2 rings (SSSR count). The summed E-state index contributed by atoms with van der Waals surface area (Å²) in [6.07, 6.45) is 1.19. The third-order valence-corrected chi connectivity index (χ3v) is 3.70. The maximum absolute atomic E-state index is 5.76. The van der Waals surface area contributed by atoms with Crippen molar-refractivity contribution in [3.8, 4) is 5.75 Å². The molecule has 0 amide bonds. The molecule has 1 saturated heterocycles. The maximum atomic E-state index is 5.76. The minimum absolute atomic E-state index is 0. The molecule has 4 nitrogen and oxygen atoms in total. The number of ether oxygens (including phenoxy) is 1. The van der Waals surface area contributed by atoms with E-state index in [0.717, 1.165) is 36.8 Å². The van der Waals surface area contributed by atoms with E-state index < -0.39 is 0 Å². The summed E-state index contributed by atoms with van der Waals surface area (Å²) in [5.74, 6) is 1.52. The standard InChI is InChI=1S/C14H23N3O.ClH/c1-10-4-14(18-3)6-13(16-10)9-17-8-12(7-15)5-11(17)2;/h4,6,11-12H,5,7-9,15H2,1-3H3;1H. The van der Waals surface area contributed by atoms with Crippen molar-refractivity contribution in [1.82, 2.24) is 9.88 Å². The molecule has 108 valence electrons. The highest BCUT2D eigenvalue weighted by Gasteiger charge is 2.28. The number of likely N-dealkylation sites (tertiary alicyclic amines) is 1. The zero-order chi connectivity index (χ0) is 13.1. The van der Waals surface area contributed by atoms with Crippen molar-refractivity contribution in [2.45, 2.75) is 32.9 Å². The highest BCUT2D eigenvalue weighted by atomic mass is 35.5. The fourth-order valence-electron chi connectivity index (χ4n) is 2.72. The highest BCUT2D eigenvalue weighted by molar-refractivity contribution is 5.85. The molecule has 1 aliphatic heterocycles. The number of hydrogen-bond donors (Lipinski definition) is 1. The summed E-state index contributed by atoms with van der Waals surface area (Å²) in [5, 5.41) is 0. The Kier molecular flexibility index (Phi) is 6.04. The lowest BCUT2D eigenvalue weighted by atomic mass is 10.1. The first-order chi connectivity index (χ1) is 8.62. The molecule has 1 aliphatic rings. The molecule has 19 heavy (non-hydrogen) atoms. The quantitative estimate of drug-likeness (QED) is 0.919. The van der Waals surface area contributed by atoms with Crippen LogP contribution in [0.2, 0.25) is 0 Å². The third kappa shape index (κ3) is 4.06. The average molecular weight is 286 g/mol. The normalized spacial score (nSPS) is 23.2. The number of aromatic nitrogens is 1. The Balaban J connectivity index is 0.00000180. The van der Waals surface area contributed by atoms with Crippen molar-refractivity contribution >= 4 is 12.4 Å². The van der Waals surface area contributed by atoms with E-state index >= 15 is 0 Å². The van der Waals surface area contributed by atoms with Crippen LogP contribution in [0.4, 0.5) is 0 Å². The zero-order valence-electron chi connectivity index (χ0n) is 11.9. The summed E-state index contributed by atoms with van der Waals surface area (Å²) in [5.41, 5.74) is 7.85. The fraction of sp³-hybridized carbons (Fsp3) is 0.643. The molecule has 2 unspecified atom stereocenters. The lowest BCUT2D eigenvalue weighted by Crippen LogP contribution is -2.27. The Morgan fingerprint density at radius 2 is 2.21 bits per heavy atom. The van der Waals surface area contributed by atoms with E-state index in [1.54, 1.807) is 7.11 Å². The van der Waals surface area contributed by atoms with Gasteiger partial charge in [-0.2, -0.15) is 0 Å². The number of rotatable bonds is 4. The zero-order valence-corrected chi connectivity index (χ0v) is 12.7. The first-order valence-corrected chi connectivity index (χ1v) is 6.58. The van der Waals surface area contributed by atoms with Crippen molar-refractivity contribution in [1.29, 1.82) is 0 Å². The predicted molar refractivity (Wildman–Crippen MR) is 79.8 cm³/mol. The molecule has 5 heteroatoms. The maximum Gasteiger partial charge on any atom is 0.122 e. The average Bonchev–Trinajstić information content (AvgIpc) is 2.69. The number of methoxy groups -OCH3 is 1. The van der Waals surface area contributed by atoms with Crippen LogP contribution in [0.15, 0.2) is 12.1 Å². The van der Waals surface area contributed by atoms with Crippen LogP contribution in [0.25, 0.3) is 0 Å². The van der Waals surface area contributed by atoms with Crippen LogP contribution in [-0.4, -0.2) is 36.1 Å². The number of hydrogen-bond acceptors (Lipinski definition) is 4. The molecule has 0 saturated carbocycles. The Labute approximate surface area is 121 Å². The van der Waals surface area contributed by atoms with Gasteiger partial charge in [-0.1, -0.05) is 0 Å². The summed E-state index contributed by atoms with van der Waals surface area (Å²) < 4.78 is 5.29. The van der Waals surface area contributed by atoms with Gasteiger partial charge in [-0.15, -0.1) is 12.4 Å². The van der Waals surface area contributed by atoms with E-state index in [1.165, 1.54) is 6.42 Å². The van der Waals surface area contributed by atoms with E-state index in [1.807, 2.05) is 19.1 Å². The number of pyridine rings is 1. The van der Waals surface area contributed by atoms with Crippen molar-refractivity contribution in [3.63, 3.8) is 0 Å². The van der Waals surface area contributed by atoms with Gasteiger partial charge in [0.15, 0.2) is 0 Å². The first-order valence-electron chi connectivity index (χ1n) is 6.58. The van der Waals surface area contributed by atoms with Gasteiger partial charge in [-0.3, -0.25) is 9.88 Å². The molecular formula is C14H24ClN3O. The molecule has 0 aromatic carbocycles. The number of aryl methyl sites for hydroxylation is 1. The van der Waals surface area contributed by atoms with E-state index in [0.29, 0.717) is 12.0 Å². The smallest absolute Gasteiger partial charge is 0.122 e. The Morgan fingerprint density at radius 1 is 1.47 bits per heavy atom. The first kappa shape index (κ1) is 16.2. The van der Waals surface area contributed by atoms with Gasteiger partial charge in [0.25, 0.3) is 0 Å². The van der Waals surface area contributed by atoms with Crippen LogP contribution >= 0.6 is 12.4 Å². The van der Waals surface area contributed by atoms with Crippen LogP contribution in [0.1, 0.15) is 24.7 Å². The van der Waals surface area contributed by atoms with Gasteiger partial charge >= 0.3 is 0 Å². The van der Waals surface area contributed by atoms with Crippen LogP contribution in [0.5, 0.6) is 5.75 Å². The Morgan fingerprint density at radius 3 is 2.79 bits per heavy atom. The molecule has 0 bridgehead atoms. The molecule has 2 heterocycles. The van der Waals surface area contributed by atoms with Gasteiger partial charge in [0, 0.05) is 37.0 Å². The lowest BCUT2D eigenvalue weighted by molar-refractivity contribution is 0.252. The van der Waals surface area contributed by atoms with E-state index in [4.69, 9.17) is 10.5 Å². The second kappa shape index (κ2) is 7.08. The lowest BCUT2D eigenvalue weighted by Gasteiger charge is -2.21.